The van der Waals surface area contributed by atoms with E-state index in [-0.39, 0.29) is 47.5 Å². The van der Waals surface area contributed by atoms with Crippen molar-refractivity contribution in [2.24, 2.45) is 0 Å². The molecule has 6 nitrogen and oxygen atoms in total. The third kappa shape index (κ3) is 14.7. The van der Waals surface area contributed by atoms with Crippen LogP contribution in [0, 0.1) is 0 Å². The largest absolute Gasteiger partial charge is 2.00 e. The molecule has 0 bridgehead atoms. The van der Waals surface area contributed by atoms with E-state index in [9.17, 15) is 25.9 Å². The van der Waals surface area contributed by atoms with E-state index in [0.717, 1.165) is 25.7 Å². The second kappa shape index (κ2) is 18.7. The van der Waals surface area contributed by atoms with Crippen molar-refractivity contribution in [3.8, 4) is 0 Å². The fraction of sp³-hybridized carbons (Fsp3) is 0.538. The molecule has 0 N–H and O–H groups in total. The van der Waals surface area contributed by atoms with Gasteiger partial charge in [0.1, 0.15) is 20.2 Å². The molecule has 0 aliphatic carbocycles. The molecule has 192 valence electrons. The average molecular weight is 551 g/mol. The maximum atomic E-state index is 11.0. The van der Waals surface area contributed by atoms with E-state index in [1.807, 2.05) is 0 Å². The van der Waals surface area contributed by atoms with Crippen LogP contribution < -0.4 is 0 Å². The third-order valence-electron chi connectivity index (χ3n) is 5.58. The number of aryl methyl sites for hydroxylation is 2. The molecule has 2 rings (SSSR count). The zero-order valence-corrected chi connectivity index (χ0v) is 24.9. The molecule has 0 radical (unpaired) electrons. The molecule has 0 fully saturated rings. The van der Waals surface area contributed by atoms with Crippen molar-refractivity contribution in [2.45, 2.75) is 101 Å². The summed E-state index contributed by atoms with van der Waals surface area (Å²) in [7, 11) is -8.66. The van der Waals surface area contributed by atoms with Crippen molar-refractivity contribution in [3.05, 3.63) is 59.7 Å². The molecule has 2 aromatic carbocycles. The quantitative estimate of drug-likeness (QED) is 0.166. The molecule has 0 unspecified atom stereocenters. The zero-order chi connectivity index (χ0) is 25.5. The molecule has 0 aliphatic heterocycles. The predicted octanol–water partition coefficient (Wildman–Crippen LogP) is 5.83. The van der Waals surface area contributed by atoms with Crippen molar-refractivity contribution in [1.82, 2.24) is 0 Å². The second-order valence-corrected chi connectivity index (χ2v) is 11.1. The van der Waals surface area contributed by atoms with E-state index in [2.05, 4.69) is 13.8 Å². The van der Waals surface area contributed by atoms with Crippen LogP contribution in [0.4, 0.5) is 0 Å². The monoisotopic (exact) mass is 550 g/mol. The average Bonchev–Trinajstić information content (AvgIpc) is 2.78. The topological polar surface area (TPSA) is 114 Å². The first-order chi connectivity index (χ1) is 16.1. The molecular formula is C26H38CaO6S2. The van der Waals surface area contributed by atoms with Gasteiger partial charge in [-0.25, -0.2) is 16.8 Å². The number of rotatable bonds is 14. The number of hydrogen-bond donors (Lipinski definition) is 0. The van der Waals surface area contributed by atoms with Gasteiger partial charge < -0.3 is 9.11 Å². The summed E-state index contributed by atoms with van der Waals surface area (Å²) in [5.74, 6) is 0. The van der Waals surface area contributed by atoms with Crippen molar-refractivity contribution >= 4 is 58.0 Å². The first-order valence-electron chi connectivity index (χ1n) is 12.2. The molecule has 0 aromatic heterocycles. The van der Waals surface area contributed by atoms with E-state index in [4.69, 9.17) is 0 Å². The minimum Gasteiger partial charge on any atom is -0.744 e. The van der Waals surface area contributed by atoms with Gasteiger partial charge in [-0.1, -0.05) is 102 Å². The van der Waals surface area contributed by atoms with Crippen LogP contribution in [0.5, 0.6) is 0 Å². The summed E-state index contributed by atoms with van der Waals surface area (Å²) in [6.45, 7) is 4.30. The normalized spacial score (nSPS) is 11.3. The first kappa shape index (κ1) is 34.5. The molecule has 2 aromatic rings. The van der Waals surface area contributed by atoms with Crippen molar-refractivity contribution in [3.63, 3.8) is 0 Å². The Hall–Kier alpha value is -0.480. The molecule has 0 saturated heterocycles. The van der Waals surface area contributed by atoms with Gasteiger partial charge in [0.25, 0.3) is 0 Å². The summed E-state index contributed by atoms with van der Waals surface area (Å²) < 4.78 is 66.2. The van der Waals surface area contributed by atoms with Crippen molar-refractivity contribution in [2.75, 3.05) is 0 Å². The molecule has 0 atom stereocenters. The van der Waals surface area contributed by atoms with Gasteiger partial charge >= 0.3 is 37.7 Å². The zero-order valence-electron chi connectivity index (χ0n) is 21.1. The van der Waals surface area contributed by atoms with Crippen LogP contribution in [0.25, 0.3) is 0 Å². The van der Waals surface area contributed by atoms with E-state index in [1.165, 1.54) is 50.7 Å². The summed E-state index contributed by atoms with van der Waals surface area (Å²) in [5.41, 5.74) is 1.30. The summed E-state index contributed by atoms with van der Waals surface area (Å²) in [6, 6.07) is 13.0. The Morgan fingerprint density at radius 3 is 1.17 bits per heavy atom. The third-order valence-corrected chi connectivity index (χ3v) is 7.46. The Kier molecular flexibility index (Phi) is 18.5. The van der Waals surface area contributed by atoms with Crippen molar-refractivity contribution < 1.29 is 25.9 Å². The van der Waals surface area contributed by atoms with Crippen LogP contribution >= 0.6 is 0 Å². The first-order valence-corrected chi connectivity index (χ1v) is 15.0. The number of unbranched alkanes of at least 4 members (excludes halogenated alkanes) is 8. The van der Waals surface area contributed by atoms with Crippen LogP contribution in [-0.4, -0.2) is 63.7 Å². The molecule has 0 spiro atoms. The van der Waals surface area contributed by atoms with Crippen LogP contribution in [0.2, 0.25) is 0 Å². The second-order valence-electron chi connectivity index (χ2n) is 8.45. The Labute approximate surface area is 242 Å². The molecule has 0 saturated carbocycles. The van der Waals surface area contributed by atoms with Gasteiger partial charge in [0.05, 0.1) is 9.79 Å². The van der Waals surface area contributed by atoms with Gasteiger partial charge in [-0.3, -0.25) is 0 Å². The fourth-order valence-electron chi connectivity index (χ4n) is 3.75. The van der Waals surface area contributed by atoms with Gasteiger partial charge in [0, 0.05) is 0 Å². The van der Waals surface area contributed by atoms with Gasteiger partial charge in [-0.05, 0) is 48.9 Å². The summed E-state index contributed by atoms with van der Waals surface area (Å²) in [6.07, 6.45) is 12.5. The van der Waals surface area contributed by atoms with E-state index in [1.54, 1.807) is 36.4 Å². The molecular weight excluding hydrogens is 512 g/mol. The predicted molar refractivity (Wildman–Crippen MR) is 139 cm³/mol. The Bertz CT molecular complexity index is 968. The smallest absolute Gasteiger partial charge is 0.744 e. The standard InChI is InChI=1S/2C13H20O3S.Ca/c2*1-2-3-4-5-6-9-12-10-7-8-11-13(12)17(14,15)16;/h2*7-8,10-11H,2-6,9H2,1H3,(H,14,15,16);/q;;+2/p-2. The minimum absolute atomic E-state index is 0. The number of hydrogen-bond acceptors (Lipinski definition) is 6. The van der Waals surface area contributed by atoms with Crippen LogP contribution in [-0.2, 0) is 33.1 Å². The van der Waals surface area contributed by atoms with E-state index >= 15 is 0 Å². The van der Waals surface area contributed by atoms with Crippen LogP contribution in [0.3, 0.4) is 0 Å². The van der Waals surface area contributed by atoms with E-state index in [0.29, 0.717) is 24.0 Å². The number of benzene rings is 2. The van der Waals surface area contributed by atoms with Gasteiger partial charge in [0.2, 0.25) is 0 Å². The fourth-order valence-corrected chi connectivity index (χ4v) is 5.22. The SMILES string of the molecule is CCCCCCCc1ccccc1S(=O)(=O)[O-].CCCCCCCc1ccccc1S(=O)(=O)[O-].[Ca+2]. The van der Waals surface area contributed by atoms with Gasteiger partial charge in [-0.2, -0.15) is 0 Å². The van der Waals surface area contributed by atoms with E-state index < -0.39 is 20.2 Å². The van der Waals surface area contributed by atoms with Crippen LogP contribution in [0.1, 0.15) is 89.2 Å². The molecule has 35 heavy (non-hydrogen) atoms. The molecule has 0 heterocycles. The molecule has 0 amide bonds. The summed E-state index contributed by atoms with van der Waals surface area (Å²) >= 11 is 0. The van der Waals surface area contributed by atoms with Crippen LogP contribution in [0.15, 0.2) is 58.3 Å². The van der Waals surface area contributed by atoms with Gasteiger partial charge in [0.15, 0.2) is 0 Å². The Morgan fingerprint density at radius 1 is 0.543 bits per heavy atom. The molecule has 0 aliphatic rings. The molecule has 9 heteroatoms. The maximum absolute atomic E-state index is 11.0. The summed E-state index contributed by atoms with van der Waals surface area (Å²) in [4.78, 5) is -0.119. The van der Waals surface area contributed by atoms with Crippen molar-refractivity contribution in [1.29, 1.82) is 0 Å². The maximum Gasteiger partial charge on any atom is 2.00 e. The van der Waals surface area contributed by atoms with Gasteiger partial charge in [-0.15, -0.1) is 0 Å². The Balaban J connectivity index is 0.000000642. The summed E-state index contributed by atoms with van der Waals surface area (Å²) in [5, 5.41) is 0. The minimum atomic E-state index is -4.33. The Morgan fingerprint density at radius 2 is 0.857 bits per heavy atom.